The van der Waals surface area contributed by atoms with Crippen molar-refractivity contribution in [1.82, 2.24) is 5.32 Å². The first-order valence-corrected chi connectivity index (χ1v) is 7.75. The van der Waals surface area contributed by atoms with Crippen LogP contribution in [0, 0.1) is 11.8 Å². The zero-order valence-corrected chi connectivity index (χ0v) is 12.9. The molecule has 0 heterocycles. The van der Waals surface area contributed by atoms with Gasteiger partial charge in [-0.3, -0.25) is 0 Å². The van der Waals surface area contributed by atoms with Crippen LogP contribution in [0.3, 0.4) is 0 Å². The van der Waals surface area contributed by atoms with Crippen molar-refractivity contribution in [1.29, 1.82) is 0 Å². The summed E-state index contributed by atoms with van der Waals surface area (Å²) in [7, 11) is 0. The van der Waals surface area contributed by atoms with Crippen LogP contribution in [0.2, 0.25) is 0 Å². The molecule has 1 saturated carbocycles. The van der Waals surface area contributed by atoms with Crippen LogP contribution >= 0.6 is 0 Å². The van der Waals surface area contributed by atoms with Gasteiger partial charge < -0.3 is 5.32 Å². The monoisotopic (exact) mass is 259 g/mol. The highest BCUT2D eigenvalue weighted by Crippen LogP contribution is 2.40. The minimum atomic E-state index is 0.226. The van der Waals surface area contributed by atoms with Gasteiger partial charge in [-0.05, 0) is 63.5 Å². The van der Waals surface area contributed by atoms with Gasteiger partial charge in [-0.1, -0.05) is 43.7 Å². The molecule has 3 atom stereocenters. The van der Waals surface area contributed by atoms with Crippen molar-refractivity contribution in [2.24, 2.45) is 11.8 Å². The molecule has 1 aliphatic rings. The van der Waals surface area contributed by atoms with Crippen molar-refractivity contribution in [2.45, 2.75) is 58.4 Å². The smallest absolute Gasteiger partial charge is 0.00966 e. The summed E-state index contributed by atoms with van der Waals surface area (Å²) in [6, 6.07) is 11.1. The van der Waals surface area contributed by atoms with Crippen LogP contribution < -0.4 is 5.32 Å². The first-order chi connectivity index (χ1) is 8.96. The SMILES string of the molecule is CC1CCC(CNC(C)(C)C)C(c2ccccc2)C1. The topological polar surface area (TPSA) is 12.0 Å². The lowest BCUT2D eigenvalue weighted by Gasteiger charge is -2.37. The van der Waals surface area contributed by atoms with Crippen molar-refractivity contribution < 1.29 is 0 Å². The average Bonchev–Trinajstić information content (AvgIpc) is 2.37. The van der Waals surface area contributed by atoms with E-state index in [0.29, 0.717) is 0 Å². The summed E-state index contributed by atoms with van der Waals surface area (Å²) in [6.07, 6.45) is 4.10. The maximum Gasteiger partial charge on any atom is 0.00966 e. The Balaban J connectivity index is 2.07. The van der Waals surface area contributed by atoms with E-state index in [9.17, 15) is 0 Å². The molecule has 0 saturated heterocycles. The summed E-state index contributed by atoms with van der Waals surface area (Å²) in [6.45, 7) is 10.3. The molecule has 3 unspecified atom stereocenters. The first kappa shape index (κ1) is 14.6. The quantitative estimate of drug-likeness (QED) is 0.837. The Morgan fingerprint density at radius 1 is 1.11 bits per heavy atom. The van der Waals surface area contributed by atoms with Gasteiger partial charge in [0.25, 0.3) is 0 Å². The lowest BCUT2D eigenvalue weighted by molar-refractivity contribution is 0.227. The van der Waals surface area contributed by atoms with Crippen molar-refractivity contribution in [3.8, 4) is 0 Å². The van der Waals surface area contributed by atoms with Gasteiger partial charge in [-0.2, -0.15) is 0 Å². The van der Waals surface area contributed by atoms with Gasteiger partial charge in [-0.15, -0.1) is 0 Å². The molecule has 1 heteroatoms. The molecule has 0 aliphatic heterocycles. The van der Waals surface area contributed by atoms with E-state index in [1.807, 2.05) is 0 Å². The fraction of sp³-hybridized carbons (Fsp3) is 0.667. The zero-order chi connectivity index (χ0) is 13.9. The van der Waals surface area contributed by atoms with Crippen LogP contribution in [0.25, 0.3) is 0 Å². The minimum Gasteiger partial charge on any atom is -0.312 e. The average molecular weight is 259 g/mol. The van der Waals surface area contributed by atoms with Gasteiger partial charge in [-0.25, -0.2) is 0 Å². The number of hydrogen-bond acceptors (Lipinski definition) is 1. The molecule has 1 N–H and O–H groups in total. The molecule has 1 aromatic rings. The maximum atomic E-state index is 3.71. The molecule has 2 rings (SSSR count). The lowest BCUT2D eigenvalue weighted by atomic mass is 9.71. The Labute approximate surface area is 118 Å². The van der Waals surface area contributed by atoms with Crippen LogP contribution in [-0.2, 0) is 0 Å². The van der Waals surface area contributed by atoms with E-state index in [0.717, 1.165) is 24.3 Å². The van der Waals surface area contributed by atoms with Crippen molar-refractivity contribution in [2.75, 3.05) is 6.54 Å². The van der Waals surface area contributed by atoms with E-state index < -0.39 is 0 Å². The highest BCUT2D eigenvalue weighted by atomic mass is 14.9. The number of hydrogen-bond donors (Lipinski definition) is 1. The third kappa shape index (κ3) is 4.35. The standard InChI is InChI=1S/C18H29N/c1-14-10-11-16(13-19-18(2,3)4)17(12-14)15-8-6-5-7-9-15/h5-9,14,16-17,19H,10-13H2,1-4H3. The van der Waals surface area contributed by atoms with Crippen LogP contribution in [0.5, 0.6) is 0 Å². The van der Waals surface area contributed by atoms with Gasteiger partial charge >= 0.3 is 0 Å². The van der Waals surface area contributed by atoms with Crippen LogP contribution in [0.1, 0.15) is 58.4 Å². The van der Waals surface area contributed by atoms with Gasteiger partial charge in [0, 0.05) is 5.54 Å². The third-order valence-corrected chi connectivity index (χ3v) is 4.38. The number of nitrogens with one attached hydrogen (secondary N) is 1. The normalized spacial score (nSPS) is 28.3. The molecule has 0 amide bonds. The van der Waals surface area contributed by atoms with Crippen LogP contribution in [0.4, 0.5) is 0 Å². The number of benzene rings is 1. The Hall–Kier alpha value is -0.820. The summed E-state index contributed by atoms with van der Waals surface area (Å²) in [4.78, 5) is 0. The van der Waals surface area contributed by atoms with Gasteiger partial charge in [0.1, 0.15) is 0 Å². The molecular weight excluding hydrogens is 230 g/mol. The van der Waals surface area contributed by atoms with E-state index in [4.69, 9.17) is 0 Å². The van der Waals surface area contributed by atoms with E-state index >= 15 is 0 Å². The van der Waals surface area contributed by atoms with E-state index in [2.05, 4.69) is 63.3 Å². The van der Waals surface area contributed by atoms with Crippen molar-refractivity contribution in [3.05, 3.63) is 35.9 Å². The zero-order valence-electron chi connectivity index (χ0n) is 12.9. The predicted molar refractivity (Wildman–Crippen MR) is 83.4 cm³/mol. The molecule has 19 heavy (non-hydrogen) atoms. The molecule has 0 radical (unpaired) electrons. The van der Waals surface area contributed by atoms with Gasteiger partial charge in [0.05, 0.1) is 0 Å². The fourth-order valence-electron chi connectivity index (χ4n) is 3.23. The third-order valence-electron chi connectivity index (χ3n) is 4.38. The van der Waals surface area contributed by atoms with Crippen LogP contribution in [-0.4, -0.2) is 12.1 Å². The molecular formula is C18H29N. The Bertz CT molecular complexity index is 376. The number of rotatable bonds is 3. The van der Waals surface area contributed by atoms with E-state index in [1.54, 1.807) is 0 Å². The second kappa shape index (κ2) is 6.09. The predicted octanol–water partition coefficient (Wildman–Crippen LogP) is 4.59. The van der Waals surface area contributed by atoms with Crippen molar-refractivity contribution >= 4 is 0 Å². The molecule has 1 aromatic carbocycles. The summed E-state index contributed by atoms with van der Waals surface area (Å²) in [5.41, 5.74) is 1.76. The second-order valence-corrected chi connectivity index (χ2v) is 7.33. The Kier molecular flexibility index (Phi) is 4.67. The maximum absolute atomic E-state index is 3.71. The van der Waals surface area contributed by atoms with Crippen LogP contribution in [0.15, 0.2) is 30.3 Å². The minimum absolute atomic E-state index is 0.226. The largest absolute Gasteiger partial charge is 0.312 e. The molecule has 1 fully saturated rings. The summed E-state index contributed by atoms with van der Waals surface area (Å²) in [5, 5.41) is 3.71. The molecule has 1 aliphatic carbocycles. The molecule has 106 valence electrons. The summed E-state index contributed by atoms with van der Waals surface area (Å²) >= 11 is 0. The van der Waals surface area contributed by atoms with E-state index in [1.165, 1.54) is 24.8 Å². The lowest BCUT2D eigenvalue weighted by Crippen LogP contribution is -2.41. The molecule has 1 nitrogen and oxygen atoms in total. The highest BCUT2D eigenvalue weighted by molar-refractivity contribution is 5.21. The Morgan fingerprint density at radius 3 is 2.42 bits per heavy atom. The summed E-state index contributed by atoms with van der Waals surface area (Å²) < 4.78 is 0. The molecule has 0 bridgehead atoms. The van der Waals surface area contributed by atoms with Gasteiger partial charge in [0.2, 0.25) is 0 Å². The Morgan fingerprint density at radius 2 is 1.79 bits per heavy atom. The fourth-order valence-corrected chi connectivity index (χ4v) is 3.23. The molecule has 0 spiro atoms. The highest BCUT2D eigenvalue weighted by Gasteiger charge is 2.30. The van der Waals surface area contributed by atoms with E-state index in [-0.39, 0.29) is 5.54 Å². The van der Waals surface area contributed by atoms with Gasteiger partial charge in [0.15, 0.2) is 0 Å². The summed E-state index contributed by atoms with van der Waals surface area (Å²) in [5.74, 6) is 2.40. The van der Waals surface area contributed by atoms with Crippen molar-refractivity contribution in [3.63, 3.8) is 0 Å². The first-order valence-electron chi connectivity index (χ1n) is 7.75. The second-order valence-electron chi connectivity index (χ2n) is 7.33. The molecule has 0 aromatic heterocycles.